The summed E-state index contributed by atoms with van der Waals surface area (Å²) in [6.07, 6.45) is 5.88. The number of allylic oxidation sites excluding steroid dienone is 2. The molecule has 160 valence electrons. The molecule has 2 aliphatic heterocycles. The Hall–Kier alpha value is -2.23. The Morgan fingerprint density at radius 1 is 1.24 bits per heavy atom. The second-order valence-electron chi connectivity index (χ2n) is 7.63. The molecule has 0 aliphatic carbocycles. The lowest BCUT2D eigenvalue weighted by Crippen LogP contribution is -2.37. The Labute approximate surface area is 168 Å². The third-order valence-electron chi connectivity index (χ3n) is 4.80. The van der Waals surface area contributed by atoms with E-state index < -0.39 is 41.6 Å². The maximum absolute atomic E-state index is 12.2. The van der Waals surface area contributed by atoms with Gasteiger partial charge in [-0.1, -0.05) is 25.5 Å². The van der Waals surface area contributed by atoms with Crippen molar-refractivity contribution in [2.24, 2.45) is 0 Å². The van der Waals surface area contributed by atoms with Crippen LogP contribution < -0.4 is 11.2 Å². The molecule has 29 heavy (non-hydrogen) atoms. The molecular weight excluding hydrogens is 380 g/mol. The van der Waals surface area contributed by atoms with Crippen molar-refractivity contribution in [2.45, 2.75) is 76.8 Å². The van der Waals surface area contributed by atoms with Gasteiger partial charge in [0.1, 0.15) is 24.9 Å². The molecule has 1 aromatic rings. The van der Waals surface area contributed by atoms with Crippen molar-refractivity contribution in [3.63, 3.8) is 0 Å². The van der Waals surface area contributed by atoms with Crippen LogP contribution in [0.15, 0.2) is 34.0 Å². The van der Waals surface area contributed by atoms with Gasteiger partial charge in [0.2, 0.25) is 0 Å². The summed E-state index contributed by atoms with van der Waals surface area (Å²) in [5.74, 6) is -1.19. The third-order valence-corrected chi connectivity index (χ3v) is 4.80. The number of unbranched alkanes of at least 4 members (excludes halogenated alkanes) is 1. The van der Waals surface area contributed by atoms with Crippen LogP contribution in [0.1, 0.15) is 52.7 Å². The second-order valence-corrected chi connectivity index (χ2v) is 7.63. The molecule has 3 heterocycles. The van der Waals surface area contributed by atoms with Crippen LogP contribution >= 0.6 is 0 Å². The number of carbonyl (C=O) groups excluding carboxylic acids is 1. The van der Waals surface area contributed by atoms with E-state index in [-0.39, 0.29) is 19.0 Å². The van der Waals surface area contributed by atoms with Crippen LogP contribution in [-0.4, -0.2) is 46.2 Å². The lowest BCUT2D eigenvalue weighted by molar-refractivity contribution is -0.203. The zero-order valence-corrected chi connectivity index (χ0v) is 17.0. The van der Waals surface area contributed by atoms with E-state index in [2.05, 4.69) is 18.0 Å². The molecule has 1 aromatic heterocycles. The summed E-state index contributed by atoms with van der Waals surface area (Å²) in [4.78, 5) is 37.7. The number of esters is 1. The zero-order valence-electron chi connectivity index (χ0n) is 17.0. The highest BCUT2D eigenvalue weighted by atomic mass is 16.8. The number of H-pyrrole nitrogens is 1. The Balaban J connectivity index is 1.64. The average molecular weight is 408 g/mol. The van der Waals surface area contributed by atoms with Crippen molar-refractivity contribution in [1.82, 2.24) is 9.55 Å². The largest absolute Gasteiger partial charge is 0.463 e. The number of aromatic amines is 1. The first kappa shape index (κ1) is 21.5. The van der Waals surface area contributed by atoms with Crippen LogP contribution in [0.3, 0.4) is 0 Å². The van der Waals surface area contributed by atoms with Crippen molar-refractivity contribution >= 4 is 5.97 Å². The predicted molar refractivity (Wildman–Crippen MR) is 103 cm³/mol. The summed E-state index contributed by atoms with van der Waals surface area (Å²) in [7, 11) is 0. The number of fused-ring (bicyclic) bond motifs is 1. The molecule has 0 radical (unpaired) electrons. The molecular formula is C20H28N2O7. The Morgan fingerprint density at radius 3 is 2.69 bits per heavy atom. The minimum Gasteiger partial charge on any atom is -0.463 e. The second kappa shape index (κ2) is 9.06. The van der Waals surface area contributed by atoms with E-state index in [1.165, 1.54) is 16.8 Å². The highest BCUT2D eigenvalue weighted by Crippen LogP contribution is 2.42. The molecule has 2 saturated heterocycles. The van der Waals surface area contributed by atoms with E-state index in [0.29, 0.717) is 6.42 Å². The van der Waals surface area contributed by atoms with Gasteiger partial charge in [0.25, 0.3) is 5.56 Å². The van der Waals surface area contributed by atoms with Crippen LogP contribution in [-0.2, 0) is 23.7 Å². The van der Waals surface area contributed by atoms with Crippen LogP contribution in [0.5, 0.6) is 0 Å². The van der Waals surface area contributed by atoms with Gasteiger partial charge in [-0.3, -0.25) is 19.1 Å². The lowest BCUT2D eigenvalue weighted by Gasteiger charge is -2.24. The summed E-state index contributed by atoms with van der Waals surface area (Å²) in [6, 6.07) is 1.24. The van der Waals surface area contributed by atoms with Crippen molar-refractivity contribution < 1.29 is 23.7 Å². The fourth-order valence-corrected chi connectivity index (χ4v) is 3.50. The van der Waals surface area contributed by atoms with Crippen molar-refractivity contribution in [3.8, 4) is 0 Å². The first-order chi connectivity index (χ1) is 13.8. The molecule has 2 fully saturated rings. The Morgan fingerprint density at radius 2 is 1.97 bits per heavy atom. The summed E-state index contributed by atoms with van der Waals surface area (Å²) in [6.45, 7) is 5.62. The summed E-state index contributed by atoms with van der Waals surface area (Å²) < 4.78 is 24.4. The van der Waals surface area contributed by atoms with Crippen LogP contribution in [0.2, 0.25) is 0 Å². The number of carbonyl (C=O) groups is 1. The van der Waals surface area contributed by atoms with Crippen molar-refractivity contribution in [3.05, 3.63) is 45.3 Å². The molecule has 3 rings (SSSR count). The molecule has 9 nitrogen and oxygen atoms in total. The van der Waals surface area contributed by atoms with E-state index in [1.54, 1.807) is 13.8 Å². The molecule has 2 aliphatic rings. The third kappa shape index (κ3) is 5.23. The van der Waals surface area contributed by atoms with Gasteiger partial charge < -0.3 is 18.9 Å². The molecule has 0 saturated carbocycles. The Bertz CT molecular complexity index is 857. The van der Waals surface area contributed by atoms with Gasteiger partial charge >= 0.3 is 11.7 Å². The molecule has 0 unspecified atom stereocenters. The van der Waals surface area contributed by atoms with Gasteiger partial charge in [-0.25, -0.2) is 4.79 Å². The normalized spacial score (nSPS) is 28.0. The molecule has 0 spiro atoms. The topological polar surface area (TPSA) is 109 Å². The highest BCUT2D eigenvalue weighted by Gasteiger charge is 2.56. The fraction of sp³-hybridized carbons (Fsp3) is 0.650. The molecule has 0 bridgehead atoms. The molecule has 1 N–H and O–H groups in total. The number of nitrogens with zero attached hydrogens (tertiary/aromatic N) is 1. The highest BCUT2D eigenvalue weighted by molar-refractivity contribution is 5.69. The zero-order chi connectivity index (χ0) is 21.0. The molecule has 0 aromatic carbocycles. The van der Waals surface area contributed by atoms with Gasteiger partial charge in [0.05, 0.1) is 0 Å². The first-order valence-electron chi connectivity index (χ1n) is 9.94. The fourth-order valence-electron chi connectivity index (χ4n) is 3.50. The number of hydrogen-bond donors (Lipinski definition) is 1. The smallest absolute Gasteiger partial charge is 0.330 e. The quantitative estimate of drug-likeness (QED) is 0.514. The standard InChI is InChI=1S/C20H28N2O7/c1-4-5-6-7-8-9-15(24)26-12-13-16-17(29-20(2,3)28-16)18(27-13)22-11-10-14(23)21-19(22)25/h6-7,10-11,13,16-18H,4-5,8-9,12H2,1-3H3,(H,21,23,25)/b7-6-/t13-,16-,17-,18-/m1/s1. The monoisotopic (exact) mass is 408 g/mol. The van der Waals surface area contributed by atoms with Gasteiger partial charge in [0, 0.05) is 18.7 Å². The average Bonchev–Trinajstić information content (AvgIpc) is 3.13. The summed E-state index contributed by atoms with van der Waals surface area (Å²) in [5, 5.41) is 0. The van der Waals surface area contributed by atoms with Crippen LogP contribution in [0.25, 0.3) is 0 Å². The number of hydrogen-bond acceptors (Lipinski definition) is 7. The predicted octanol–water partition coefficient (Wildman–Crippen LogP) is 1.63. The van der Waals surface area contributed by atoms with Gasteiger partial charge in [0.15, 0.2) is 12.0 Å². The van der Waals surface area contributed by atoms with E-state index in [4.69, 9.17) is 18.9 Å². The van der Waals surface area contributed by atoms with Crippen molar-refractivity contribution in [2.75, 3.05) is 6.61 Å². The SMILES string of the molecule is CCC/C=C\CCC(=O)OC[C@H]1O[C@@H](n2ccc(=O)[nH]c2=O)[C@@H]2OC(C)(C)O[C@@H]21. The van der Waals surface area contributed by atoms with Crippen LogP contribution in [0, 0.1) is 0 Å². The minimum absolute atomic E-state index is 0.00722. The van der Waals surface area contributed by atoms with Gasteiger partial charge in [-0.05, 0) is 26.7 Å². The van der Waals surface area contributed by atoms with E-state index in [1.807, 2.05) is 6.08 Å². The number of nitrogens with one attached hydrogen (secondary N) is 1. The first-order valence-corrected chi connectivity index (χ1v) is 9.94. The molecule has 0 amide bonds. The van der Waals surface area contributed by atoms with Crippen molar-refractivity contribution in [1.29, 1.82) is 0 Å². The van der Waals surface area contributed by atoms with Gasteiger partial charge in [-0.15, -0.1) is 0 Å². The van der Waals surface area contributed by atoms with E-state index >= 15 is 0 Å². The summed E-state index contributed by atoms with van der Waals surface area (Å²) in [5.41, 5.74) is -1.10. The number of ether oxygens (including phenoxy) is 4. The van der Waals surface area contributed by atoms with E-state index in [0.717, 1.165) is 12.8 Å². The number of rotatable bonds is 8. The maximum Gasteiger partial charge on any atom is 0.330 e. The lowest BCUT2D eigenvalue weighted by atomic mass is 10.1. The van der Waals surface area contributed by atoms with Gasteiger partial charge in [-0.2, -0.15) is 0 Å². The molecule has 4 atom stereocenters. The summed E-state index contributed by atoms with van der Waals surface area (Å²) >= 11 is 0. The molecule has 9 heteroatoms. The van der Waals surface area contributed by atoms with Crippen LogP contribution in [0.4, 0.5) is 0 Å². The minimum atomic E-state index is -0.866. The van der Waals surface area contributed by atoms with E-state index in [9.17, 15) is 14.4 Å². The maximum atomic E-state index is 12.2. The number of aromatic nitrogens is 2. The Kier molecular flexibility index (Phi) is 6.71.